The number of aliphatic hydroxyl groups is 1. The van der Waals surface area contributed by atoms with Crippen LogP contribution in [0.4, 0.5) is 89.7 Å². The number of nitro benzene ring substituents is 3. The Labute approximate surface area is 857 Å². The molecule has 9 aliphatic heterocycles. The third kappa shape index (κ3) is 30.0. The van der Waals surface area contributed by atoms with E-state index in [0.717, 1.165) is 185 Å². The second-order valence-electron chi connectivity index (χ2n) is 35.3. The van der Waals surface area contributed by atoms with Crippen LogP contribution in [0.3, 0.4) is 0 Å². The summed E-state index contributed by atoms with van der Waals surface area (Å²) >= 11 is 17.8. The van der Waals surface area contributed by atoms with Crippen LogP contribution < -0.4 is 62.8 Å². The van der Waals surface area contributed by atoms with Crippen LogP contribution in [-0.2, 0) is 84.0 Å². The molecule has 8 fully saturated rings. The zero-order chi connectivity index (χ0) is 106. The SMILES string of the molecule is C1CNC1.CCO.CN(c1cc(F)ccc1[N+](=O)[O-])S(C)(=O)=O.CN(c1cc(N2CCC2)ccc1[N+](=O)[O-])S(C)(=O)=O.CN(c1cc(N2CCC2)ccc1[N+](=O)[O-])S(C)(=O)=O.CN1CC2N=C(Cl)C=C(Nc3ccc(N4CCC4)cc3N(C)S(C)(=O)=O)C2C1=O.CN1Cc2nc(CC(=O)C3CC3)cc(Nc3ccc(N4CCC4)cc3N(C)S(C)(=O)=O)c2C1=O.CN1Cc2nc(Cl)cc(Cl)c2C1=O.Cl.NC(=O)C1CC1. The number of nitro groups is 3. The minimum atomic E-state index is -3.67. The van der Waals surface area contributed by atoms with E-state index in [2.05, 4.69) is 40.7 Å². The number of carbonyl (C=O) groups excluding carboxylic acids is 5. The van der Waals surface area contributed by atoms with Crippen molar-refractivity contribution in [3.05, 3.63) is 189 Å². The number of amides is 4. The number of aliphatic hydroxyl groups excluding tert-OH is 1. The number of pyridine rings is 2. The molecule has 2 aliphatic carbocycles. The van der Waals surface area contributed by atoms with Gasteiger partial charge in [-0.2, -0.15) is 0 Å². The van der Waals surface area contributed by atoms with Gasteiger partial charge in [-0.05, 0) is 163 Å². The lowest BCUT2D eigenvalue weighted by Crippen LogP contribution is -2.37. The van der Waals surface area contributed by atoms with Crippen molar-refractivity contribution in [3.63, 3.8) is 0 Å². The number of likely N-dealkylation sites (N-methyl/N-ethyl adjacent to an activating group) is 1. The summed E-state index contributed by atoms with van der Waals surface area (Å²) in [7, 11) is -5.76. The Kier molecular flexibility index (Phi) is 39.3. The van der Waals surface area contributed by atoms with Gasteiger partial charge in [0.25, 0.3) is 28.9 Å². The lowest BCUT2D eigenvalue weighted by atomic mass is 9.96. The molecule has 44 nitrogen and oxygen atoms in total. The number of nitrogens with two attached hydrogens (primary N) is 1. The van der Waals surface area contributed by atoms with Crippen LogP contribution in [0.1, 0.15) is 103 Å². The molecule has 0 spiro atoms. The van der Waals surface area contributed by atoms with Crippen molar-refractivity contribution >= 4 is 217 Å². The summed E-state index contributed by atoms with van der Waals surface area (Å²) in [5.41, 5.74) is 13.6. The van der Waals surface area contributed by atoms with Crippen LogP contribution in [0, 0.1) is 53.9 Å². The molecule has 144 heavy (non-hydrogen) atoms. The molecule has 0 radical (unpaired) electrons. The van der Waals surface area contributed by atoms with Crippen LogP contribution >= 0.6 is 47.2 Å². The highest BCUT2D eigenvalue weighted by Gasteiger charge is 2.44. The number of benzene rings is 5. The Balaban J connectivity index is 0.000000192. The largest absolute Gasteiger partial charge is 0.397 e. The molecule has 11 aliphatic rings. The van der Waals surface area contributed by atoms with Crippen molar-refractivity contribution in [2.75, 3.05) is 218 Å². The summed E-state index contributed by atoms with van der Waals surface area (Å²) in [5.74, 6) is -1.06. The fraction of sp³-hybridized carbons (Fsp3) is 0.467. The molecule has 786 valence electrons. The number of aliphatic imine (C=N–C) groups is 1. The first-order valence-electron chi connectivity index (χ1n) is 45.2. The van der Waals surface area contributed by atoms with E-state index < -0.39 is 82.3 Å². The summed E-state index contributed by atoms with van der Waals surface area (Å²) in [4.78, 5) is 116. The number of sulfonamides is 5. The van der Waals surface area contributed by atoms with E-state index in [1.807, 2.05) is 46.2 Å². The van der Waals surface area contributed by atoms with E-state index in [1.165, 1.54) is 80.8 Å². The number of hydrogen-bond donors (Lipinski definition) is 5. The number of fused-ring (bicyclic) bond motifs is 3. The van der Waals surface area contributed by atoms with Gasteiger partial charge in [-0.15, -0.1) is 12.4 Å². The molecule has 5 aromatic carbocycles. The van der Waals surface area contributed by atoms with Crippen molar-refractivity contribution in [2.24, 2.45) is 28.5 Å². The smallest absolute Gasteiger partial charge is 0.293 e. The molecule has 2 saturated carbocycles. The molecule has 4 amide bonds. The van der Waals surface area contributed by atoms with Gasteiger partial charge in [0.2, 0.25) is 61.9 Å². The number of ketones is 1. The van der Waals surface area contributed by atoms with Gasteiger partial charge in [-0.25, -0.2) is 51.5 Å². The molecule has 7 aromatic rings. The van der Waals surface area contributed by atoms with Gasteiger partial charge in [0.15, 0.2) is 0 Å². The molecule has 2 aromatic heterocycles. The summed E-state index contributed by atoms with van der Waals surface area (Å²) in [6.07, 6.45) is 16.8. The number of hydrogen-bond acceptors (Lipinski definition) is 32. The highest BCUT2D eigenvalue weighted by Crippen LogP contribution is 2.44. The van der Waals surface area contributed by atoms with Crippen LogP contribution in [0.5, 0.6) is 0 Å². The Morgan fingerprint density at radius 1 is 0.507 bits per heavy atom. The average molecular weight is 2180 g/mol. The topological polar surface area (TPSA) is 545 Å². The third-order valence-electron chi connectivity index (χ3n) is 24.5. The van der Waals surface area contributed by atoms with E-state index in [0.29, 0.717) is 102 Å². The maximum atomic E-state index is 12.9. The van der Waals surface area contributed by atoms with Crippen molar-refractivity contribution < 1.29 is 90.3 Å². The molecular weight excluding hydrogens is 2060 g/mol. The van der Waals surface area contributed by atoms with Gasteiger partial charge in [0.1, 0.15) is 44.9 Å². The third-order valence-corrected chi connectivity index (χ3v) is 31.2. The van der Waals surface area contributed by atoms with Crippen LogP contribution in [0.2, 0.25) is 10.2 Å². The Morgan fingerprint density at radius 3 is 1.20 bits per heavy atom. The van der Waals surface area contributed by atoms with Crippen molar-refractivity contribution in [3.8, 4) is 0 Å². The summed E-state index contributed by atoms with van der Waals surface area (Å²) in [5, 5.41) is 50.9. The number of likely N-dealkylation sites (tertiary alicyclic amines) is 1. The summed E-state index contributed by atoms with van der Waals surface area (Å²) < 4.78 is 136. The second kappa shape index (κ2) is 48.9. The van der Waals surface area contributed by atoms with Gasteiger partial charge >= 0.3 is 0 Å². The zero-order valence-corrected chi connectivity index (χ0v) is 88.9. The number of Topliss-reactive ketones (excluding diaryl/α,β-unsaturated/α-hetero) is 1. The molecule has 6 N–H and O–H groups in total. The first-order chi connectivity index (χ1) is 66.9. The monoisotopic (exact) mass is 2180 g/mol. The van der Waals surface area contributed by atoms with Crippen LogP contribution in [0.15, 0.2) is 120 Å². The molecule has 11 heterocycles. The van der Waals surface area contributed by atoms with E-state index in [4.69, 9.17) is 45.6 Å². The van der Waals surface area contributed by atoms with Crippen LogP contribution in [0.25, 0.3) is 0 Å². The summed E-state index contributed by atoms with van der Waals surface area (Å²) in [6, 6.07) is 26.1. The molecule has 2 unspecified atom stereocenters. The van der Waals surface area contributed by atoms with Gasteiger partial charge in [0, 0.05) is 193 Å². The number of anilines is 12. The number of rotatable bonds is 25. The minimum absolute atomic E-state index is 0. The van der Waals surface area contributed by atoms with Gasteiger partial charge < -0.3 is 61.1 Å². The predicted molar refractivity (Wildman–Crippen MR) is 560 cm³/mol. The van der Waals surface area contributed by atoms with Crippen molar-refractivity contribution in [1.29, 1.82) is 0 Å². The maximum absolute atomic E-state index is 12.9. The lowest BCUT2D eigenvalue weighted by molar-refractivity contribution is -0.384. The van der Waals surface area contributed by atoms with Gasteiger partial charge in [-0.1, -0.05) is 34.8 Å². The molecule has 6 saturated heterocycles. The molecule has 2 atom stereocenters. The number of carbonyl (C=O) groups is 5. The number of allylic oxidation sites excluding steroid dienone is 1. The number of nitrogens with one attached hydrogen (secondary N) is 3. The van der Waals surface area contributed by atoms with E-state index in [-0.39, 0.29) is 101 Å². The number of aromatic nitrogens is 2. The highest BCUT2D eigenvalue weighted by atomic mass is 35.5. The number of dihydropyridines is 1. The van der Waals surface area contributed by atoms with Crippen LogP contribution in [-0.4, -0.2) is 294 Å². The van der Waals surface area contributed by atoms with Crippen molar-refractivity contribution in [1.82, 2.24) is 30.0 Å². The molecule has 0 bridgehead atoms. The fourth-order valence-electron chi connectivity index (χ4n) is 15.0. The van der Waals surface area contributed by atoms with E-state index in [9.17, 15) is 101 Å². The van der Waals surface area contributed by atoms with Gasteiger partial charge in [-0.3, -0.25) is 85.8 Å². The normalized spacial score (nSPS) is 17.1. The molecule has 18 rings (SSSR count). The first-order valence-corrected chi connectivity index (χ1v) is 55.5. The van der Waals surface area contributed by atoms with Crippen molar-refractivity contribution in [2.45, 2.75) is 90.3 Å². The average Bonchev–Trinajstić information content (AvgIpc) is 1.59. The second-order valence-corrected chi connectivity index (χ2v) is 46.6. The Bertz CT molecular complexity index is 6570. The number of primary amides is 1. The fourth-order valence-corrected chi connectivity index (χ4v) is 18.3. The molecular formula is C90H119Cl4FN22O22S5. The first kappa shape index (κ1) is 116. The standard InChI is InChI=1S/C24H29N5O4S.C19H24ClN5O3S.2C11H15N3O4S.C8H6Cl2N2O.C8H9FN2O4S.C4H7NO.C3H7N.C2H6O.ClH/c1-27-14-20-23(24(27)31)19(11-16(25-20)12-22(30)15-5-6-15)26-18-8-7-17(29-9-4-10-29)13-21(18)28(2)34(3,32)33;1-23-11-15-18(19(23)26)14(10-17(20)22-15)21-13-6-5-12(25-7-4-8-25)9-16(13)24(2)29(3,27)28;2*1-12(19(2,17)18)11-8-9(13-6-3-7-13)4-5-10(11)14(15)16;1-12-3-5-7(8(12)13)4(9)2-6(10)11-5;1-10(16(2,14)15)8-5-6(9)3-4-7(8)11(12)13;5-4(6)3-1-2-3;1-2-4-3-1;1-2-3;/h7-8,11,13,15H,4-6,9-10,12,14H2,1-3H3,(H,25,26);5-6,9-10,15,18,21H,4,7-8,11H2,1-3H3;2*4-5,8H,3,6-7H2,1-2H3;2H,3H2,1H3;3-5H,1-2H3;3H,1-2H2,(H2,5,6);4H,1-3H2;3H,2H2,1H3;1H. The minimum Gasteiger partial charge on any atom is -0.397 e. The van der Waals surface area contributed by atoms with E-state index >= 15 is 0 Å². The Morgan fingerprint density at radius 2 is 0.854 bits per heavy atom. The lowest BCUT2D eigenvalue weighted by Gasteiger charge is -2.34. The number of nitrogens with zero attached hydrogens (tertiary/aromatic N) is 18. The maximum Gasteiger partial charge on any atom is 0.293 e. The summed E-state index contributed by atoms with van der Waals surface area (Å²) in [6.45, 7) is 13.1. The van der Waals surface area contributed by atoms with Gasteiger partial charge in [0.05, 0.1) is 127 Å². The number of halogens is 5. The highest BCUT2D eigenvalue weighted by molar-refractivity contribution is 7.93. The quantitative estimate of drug-likeness (QED) is 0.0202. The Hall–Kier alpha value is -11.9. The molecule has 54 heteroatoms. The zero-order valence-electron chi connectivity index (χ0n) is 81.8. The predicted octanol–water partition coefficient (Wildman–Crippen LogP) is 10.0. The van der Waals surface area contributed by atoms with E-state index in [1.54, 1.807) is 79.2 Å².